The number of para-hydroxylation sites is 2. The van der Waals surface area contributed by atoms with Crippen LogP contribution in [0.25, 0.3) is 0 Å². The van der Waals surface area contributed by atoms with Gasteiger partial charge in [-0.15, -0.1) is 0 Å². The molecule has 0 amide bonds. The van der Waals surface area contributed by atoms with Crippen LogP contribution < -0.4 is 4.90 Å². The zero-order valence-electron chi connectivity index (χ0n) is 25.0. The van der Waals surface area contributed by atoms with Gasteiger partial charge >= 0.3 is 0 Å². The lowest BCUT2D eigenvalue weighted by molar-refractivity contribution is -0.455. The highest BCUT2D eigenvalue weighted by Gasteiger charge is 2.50. The van der Waals surface area contributed by atoms with E-state index in [4.69, 9.17) is 0 Å². The number of nitrogens with zero attached hydrogens (tertiary/aromatic N) is 4. The van der Waals surface area contributed by atoms with E-state index < -0.39 is 21.2 Å². The number of carbonyl (C=O) groups excluding carboxylic acids is 2. The van der Waals surface area contributed by atoms with Crippen LogP contribution in [-0.2, 0) is 27.0 Å². The third kappa shape index (κ3) is 4.28. The number of ketones is 2. The van der Waals surface area contributed by atoms with Gasteiger partial charge in [-0.1, -0.05) is 50.2 Å². The zero-order chi connectivity index (χ0) is 31.7. The number of hydrogen-bond acceptors (Lipinski definition) is 7. The molecule has 0 aromatic heterocycles. The quantitative estimate of drug-likeness (QED) is 0.0848. The fraction of sp³-hybridized carbons (Fsp3) is 0.265. The van der Waals surface area contributed by atoms with Gasteiger partial charge in [-0.05, 0) is 31.6 Å². The number of fused-ring (bicyclic) bond motifs is 2. The van der Waals surface area contributed by atoms with Crippen LogP contribution in [0.5, 0.6) is 0 Å². The summed E-state index contributed by atoms with van der Waals surface area (Å²) in [6, 6.07) is 19.2. The maximum absolute atomic E-state index is 13.6. The predicted octanol–water partition coefficient (Wildman–Crippen LogP) is 6.09. The Morgan fingerprint density at radius 3 is 2.00 bits per heavy atom. The van der Waals surface area contributed by atoms with E-state index in [1.165, 1.54) is 12.1 Å². The average Bonchev–Trinajstić information content (AvgIpc) is 3.32. The molecular weight excluding hydrogens is 560 g/mol. The monoisotopic (exact) mass is 591 g/mol. The minimum atomic E-state index is -0.896. The van der Waals surface area contributed by atoms with Crippen molar-refractivity contribution < 1.29 is 24.0 Å². The lowest BCUT2D eigenvalue weighted by Gasteiger charge is -2.29. The fourth-order valence-electron chi connectivity index (χ4n) is 6.80. The summed E-state index contributed by atoms with van der Waals surface area (Å²) in [5.74, 6) is -1.44. The molecule has 44 heavy (non-hydrogen) atoms. The van der Waals surface area contributed by atoms with Crippen LogP contribution in [0.4, 0.5) is 22.7 Å². The highest BCUT2D eigenvalue weighted by molar-refractivity contribution is 6.41. The first kappa shape index (κ1) is 28.9. The fourth-order valence-corrected chi connectivity index (χ4v) is 6.80. The summed E-state index contributed by atoms with van der Waals surface area (Å²) < 4.78 is 1.88. The van der Waals surface area contributed by atoms with Gasteiger partial charge in [0.1, 0.15) is 5.92 Å². The number of nitro benzene ring substituents is 2. The number of hydrogen-bond donors (Lipinski definition) is 0. The number of nitro groups is 2. The first-order valence-corrected chi connectivity index (χ1v) is 14.3. The van der Waals surface area contributed by atoms with Crippen LogP contribution in [0.15, 0.2) is 90.2 Å². The first-order chi connectivity index (χ1) is 20.7. The van der Waals surface area contributed by atoms with E-state index in [0.717, 1.165) is 34.3 Å². The summed E-state index contributed by atoms with van der Waals surface area (Å²) >= 11 is 0. The van der Waals surface area contributed by atoms with Crippen molar-refractivity contribution >= 4 is 40.0 Å². The van der Waals surface area contributed by atoms with Crippen LogP contribution >= 0.6 is 0 Å². The number of carbonyl (C=O) groups is 2. The van der Waals surface area contributed by atoms with Crippen LogP contribution in [0.1, 0.15) is 44.4 Å². The number of Topliss-reactive ketones (excluding diaryl/α,β-unsaturated/α-hetero) is 2. The summed E-state index contributed by atoms with van der Waals surface area (Å²) in [7, 11) is 1.94. The Kier molecular flexibility index (Phi) is 6.49. The molecule has 3 aliphatic rings. The number of allylic oxidation sites excluding steroid dienone is 4. The van der Waals surface area contributed by atoms with Gasteiger partial charge in [0.25, 0.3) is 11.4 Å². The van der Waals surface area contributed by atoms with Crippen LogP contribution in [0, 0.1) is 26.1 Å². The highest BCUT2D eigenvalue weighted by atomic mass is 16.6. The molecule has 0 saturated heterocycles. The van der Waals surface area contributed by atoms with Crippen molar-refractivity contribution in [1.82, 2.24) is 0 Å². The minimum Gasteiger partial charge on any atom is -0.347 e. The molecule has 222 valence electrons. The summed E-state index contributed by atoms with van der Waals surface area (Å²) in [6.45, 7) is 8.18. The van der Waals surface area contributed by atoms with Gasteiger partial charge in [0.15, 0.2) is 23.8 Å². The molecule has 10 nitrogen and oxygen atoms in total. The Hall–Kier alpha value is -5.25. The highest BCUT2D eigenvalue weighted by Crippen LogP contribution is 2.48. The largest absolute Gasteiger partial charge is 0.347 e. The molecule has 0 unspecified atom stereocenters. The van der Waals surface area contributed by atoms with Crippen LogP contribution in [-0.4, -0.2) is 38.7 Å². The predicted molar refractivity (Wildman–Crippen MR) is 165 cm³/mol. The van der Waals surface area contributed by atoms with Gasteiger partial charge in [0.05, 0.1) is 26.9 Å². The Morgan fingerprint density at radius 2 is 1.41 bits per heavy atom. The van der Waals surface area contributed by atoms with Gasteiger partial charge in [0.2, 0.25) is 5.69 Å². The zero-order valence-corrected chi connectivity index (χ0v) is 25.0. The number of benzene rings is 3. The SMILES string of the molecule is CN1C(=CC2C(=O)C(=CC3=[N+](Cc4cc([N+](=O)[O-])cc([N+](=O)[O-])c4)c4ccccc4C3(C)C)C2=O)C(C)(C)c2ccccc21. The number of anilines is 1. The van der Waals surface area contributed by atoms with E-state index in [-0.39, 0.29) is 40.5 Å². The molecule has 2 heterocycles. The molecule has 0 N–H and O–H groups in total. The number of likely N-dealkylation sites (N-methyl/N-ethyl adjacent to an activating group) is 1. The molecule has 6 rings (SSSR count). The molecule has 3 aromatic rings. The summed E-state index contributed by atoms with van der Waals surface area (Å²) in [6.07, 6.45) is 3.41. The van der Waals surface area contributed by atoms with E-state index in [2.05, 4.69) is 19.9 Å². The van der Waals surface area contributed by atoms with Crippen molar-refractivity contribution in [2.75, 3.05) is 11.9 Å². The lowest BCUT2D eigenvalue weighted by Crippen LogP contribution is -2.42. The van der Waals surface area contributed by atoms with E-state index in [1.54, 1.807) is 12.2 Å². The van der Waals surface area contributed by atoms with Gasteiger partial charge < -0.3 is 4.90 Å². The molecular formula is C34H31N4O6+. The van der Waals surface area contributed by atoms with E-state index in [9.17, 15) is 29.8 Å². The van der Waals surface area contributed by atoms with Gasteiger partial charge in [0, 0.05) is 59.2 Å². The number of rotatable bonds is 6. The Morgan fingerprint density at radius 1 is 0.841 bits per heavy atom. The van der Waals surface area contributed by atoms with Gasteiger partial charge in [-0.2, -0.15) is 4.58 Å². The van der Waals surface area contributed by atoms with Crippen molar-refractivity contribution in [2.24, 2.45) is 5.92 Å². The number of non-ortho nitro benzene ring substituents is 2. The summed E-state index contributed by atoms with van der Waals surface area (Å²) in [5, 5.41) is 23.1. The van der Waals surface area contributed by atoms with Crippen LogP contribution in [0.2, 0.25) is 0 Å². The average molecular weight is 592 g/mol. The van der Waals surface area contributed by atoms with Crippen molar-refractivity contribution in [2.45, 2.75) is 45.1 Å². The molecule has 1 fully saturated rings. The van der Waals surface area contributed by atoms with Crippen molar-refractivity contribution in [3.63, 3.8) is 0 Å². The summed E-state index contributed by atoms with van der Waals surface area (Å²) in [4.78, 5) is 51.0. The molecule has 3 aromatic carbocycles. The Labute approximate surface area is 253 Å². The molecule has 2 aliphatic heterocycles. The lowest BCUT2D eigenvalue weighted by atomic mass is 9.72. The Bertz CT molecular complexity index is 1870. The molecule has 10 heteroatoms. The van der Waals surface area contributed by atoms with Crippen molar-refractivity contribution in [1.29, 1.82) is 0 Å². The minimum absolute atomic E-state index is 0.0647. The second kappa shape index (κ2) is 9.90. The smallest absolute Gasteiger partial charge is 0.276 e. The topological polar surface area (TPSA) is 127 Å². The van der Waals surface area contributed by atoms with Crippen molar-refractivity contribution in [3.8, 4) is 0 Å². The molecule has 0 radical (unpaired) electrons. The first-order valence-electron chi connectivity index (χ1n) is 14.3. The van der Waals surface area contributed by atoms with Crippen LogP contribution in [0.3, 0.4) is 0 Å². The summed E-state index contributed by atoms with van der Waals surface area (Å²) in [5.41, 5.74) is 4.11. The Balaban J connectivity index is 1.41. The second-order valence-electron chi connectivity index (χ2n) is 12.5. The van der Waals surface area contributed by atoms with E-state index >= 15 is 0 Å². The standard InChI is InChI=1S/C34H31N4O6/c1-33(2)25-10-6-8-12-27(25)35(5)29(33)17-23-31(39)24(32(23)40)18-30-34(3,4)26-11-7-9-13-28(26)36(30)19-20-14-21(37(41)42)16-22(15-20)38(43)44/h6-18,23H,19H2,1-5H3/q+1. The maximum Gasteiger partial charge on any atom is 0.276 e. The molecule has 1 aliphatic carbocycles. The normalized spacial score (nSPS) is 20.5. The molecule has 0 atom stereocenters. The van der Waals surface area contributed by atoms with E-state index in [0.29, 0.717) is 11.3 Å². The second-order valence-corrected chi connectivity index (χ2v) is 12.5. The van der Waals surface area contributed by atoms with Gasteiger partial charge in [-0.25, -0.2) is 0 Å². The molecule has 0 bridgehead atoms. The van der Waals surface area contributed by atoms with Gasteiger partial charge in [-0.3, -0.25) is 29.8 Å². The molecule has 0 spiro atoms. The van der Waals surface area contributed by atoms with E-state index in [1.807, 2.05) is 72.8 Å². The van der Waals surface area contributed by atoms with Crippen molar-refractivity contribution in [3.05, 3.63) is 127 Å². The third-order valence-corrected chi connectivity index (χ3v) is 9.17. The third-order valence-electron chi connectivity index (χ3n) is 9.17. The molecule has 1 saturated carbocycles. The maximum atomic E-state index is 13.6.